The number of benzene rings is 3. The van der Waals surface area contributed by atoms with Crippen LogP contribution in [0.15, 0.2) is 83.8 Å². The molecule has 218 valence electrons. The molecule has 0 radical (unpaired) electrons. The van der Waals surface area contributed by atoms with Crippen molar-refractivity contribution in [2.75, 3.05) is 10.8 Å². The summed E-state index contributed by atoms with van der Waals surface area (Å²) in [6.45, 7) is 7.58. The molecule has 4 rings (SSSR count). The van der Waals surface area contributed by atoms with Crippen LogP contribution in [0.25, 0.3) is 0 Å². The maximum absolute atomic E-state index is 14.1. The molecule has 7 nitrogen and oxygen atoms in total. The Balaban J connectivity index is 1.68. The summed E-state index contributed by atoms with van der Waals surface area (Å²) in [5.41, 5.74) is 3.41. The molecular formula is C33H41N3O4S. The third-order valence-corrected chi connectivity index (χ3v) is 9.59. The summed E-state index contributed by atoms with van der Waals surface area (Å²) in [5.74, 6) is -0.405. The predicted octanol–water partition coefficient (Wildman–Crippen LogP) is 5.79. The fraction of sp³-hybridized carbons (Fsp3) is 0.394. The molecule has 0 heterocycles. The van der Waals surface area contributed by atoms with Gasteiger partial charge in [-0.2, -0.15) is 0 Å². The zero-order chi connectivity index (χ0) is 29.6. The largest absolute Gasteiger partial charge is 0.352 e. The quantitative estimate of drug-likeness (QED) is 0.314. The Bertz CT molecular complexity index is 1420. The Labute approximate surface area is 244 Å². The van der Waals surface area contributed by atoms with Gasteiger partial charge in [-0.05, 0) is 68.0 Å². The predicted molar refractivity (Wildman–Crippen MR) is 163 cm³/mol. The molecule has 0 unspecified atom stereocenters. The highest BCUT2D eigenvalue weighted by atomic mass is 32.2. The van der Waals surface area contributed by atoms with Crippen LogP contribution in [-0.4, -0.2) is 43.8 Å². The molecule has 0 aromatic heterocycles. The van der Waals surface area contributed by atoms with E-state index < -0.39 is 28.5 Å². The number of hydrogen-bond donors (Lipinski definition) is 1. The van der Waals surface area contributed by atoms with Crippen molar-refractivity contribution >= 4 is 27.5 Å². The summed E-state index contributed by atoms with van der Waals surface area (Å²) >= 11 is 0. The van der Waals surface area contributed by atoms with E-state index in [4.69, 9.17) is 0 Å². The van der Waals surface area contributed by atoms with Crippen LogP contribution in [-0.2, 0) is 26.2 Å². The average Bonchev–Trinajstić information content (AvgIpc) is 3.48. The van der Waals surface area contributed by atoms with Gasteiger partial charge in [0, 0.05) is 12.6 Å². The highest BCUT2D eigenvalue weighted by Gasteiger charge is 2.33. The zero-order valence-electron chi connectivity index (χ0n) is 24.4. The van der Waals surface area contributed by atoms with Gasteiger partial charge in [-0.3, -0.25) is 13.9 Å². The maximum atomic E-state index is 14.1. The number of hydrogen-bond acceptors (Lipinski definition) is 4. The minimum Gasteiger partial charge on any atom is -0.352 e. The highest BCUT2D eigenvalue weighted by molar-refractivity contribution is 7.92. The van der Waals surface area contributed by atoms with Crippen molar-refractivity contribution in [3.63, 3.8) is 0 Å². The van der Waals surface area contributed by atoms with E-state index >= 15 is 0 Å². The number of carbonyl (C=O) groups is 2. The van der Waals surface area contributed by atoms with Crippen LogP contribution < -0.4 is 9.62 Å². The smallest absolute Gasteiger partial charge is 0.264 e. The van der Waals surface area contributed by atoms with Crippen molar-refractivity contribution in [3.05, 3.63) is 95.6 Å². The minimum atomic E-state index is -4.07. The van der Waals surface area contributed by atoms with E-state index in [2.05, 4.69) is 19.2 Å². The molecule has 1 aliphatic carbocycles. The number of sulfonamides is 1. The number of aryl methyl sites for hydroxylation is 1. The topological polar surface area (TPSA) is 86.8 Å². The van der Waals surface area contributed by atoms with Crippen LogP contribution in [0.4, 0.5) is 5.69 Å². The molecule has 1 N–H and O–H groups in total. The lowest BCUT2D eigenvalue weighted by Crippen LogP contribution is -2.52. The second kappa shape index (κ2) is 13.3. The summed E-state index contributed by atoms with van der Waals surface area (Å²) in [5, 5.41) is 3.10. The van der Waals surface area contributed by atoms with Crippen LogP contribution in [0.1, 0.15) is 69.1 Å². The Morgan fingerprint density at radius 3 is 2.07 bits per heavy atom. The standard InChI is InChI=1S/C33H41N3O4S/c1-24(2)28-18-20-30(21-19-28)36(41(39,40)31-12-6-5-7-13-31)23-32(37)35(22-27-16-14-25(3)15-17-27)26(4)33(38)34-29-10-8-9-11-29/h5-7,12-21,24,26,29H,8-11,22-23H2,1-4H3,(H,34,38)/t26-/m0/s1. The third-order valence-electron chi connectivity index (χ3n) is 7.80. The Hall–Kier alpha value is -3.65. The van der Waals surface area contributed by atoms with Gasteiger partial charge in [-0.25, -0.2) is 8.42 Å². The summed E-state index contributed by atoms with van der Waals surface area (Å²) in [4.78, 5) is 29.0. The van der Waals surface area contributed by atoms with Crippen LogP contribution in [0.2, 0.25) is 0 Å². The summed E-state index contributed by atoms with van der Waals surface area (Å²) in [7, 11) is -4.07. The first-order valence-electron chi connectivity index (χ1n) is 14.4. The molecule has 0 spiro atoms. The summed E-state index contributed by atoms with van der Waals surface area (Å²) < 4.78 is 29.0. The molecule has 1 atom stereocenters. The van der Waals surface area contributed by atoms with E-state index in [1.807, 2.05) is 43.3 Å². The molecule has 0 bridgehead atoms. The Kier molecular flexibility index (Phi) is 9.86. The first kappa shape index (κ1) is 30.3. The van der Waals surface area contributed by atoms with Crippen molar-refractivity contribution in [1.82, 2.24) is 10.2 Å². The molecule has 3 aromatic carbocycles. The number of amides is 2. The average molecular weight is 576 g/mol. The molecule has 1 fully saturated rings. The van der Waals surface area contributed by atoms with E-state index in [9.17, 15) is 18.0 Å². The molecule has 0 saturated heterocycles. The van der Waals surface area contributed by atoms with E-state index in [1.54, 1.807) is 37.3 Å². The van der Waals surface area contributed by atoms with Gasteiger partial charge < -0.3 is 10.2 Å². The van der Waals surface area contributed by atoms with Crippen molar-refractivity contribution in [2.24, 2.45) is 0 Å². The summed E-state index contributed by atoms with van der Waals surface area (Å²) in [6, 6.07) is 22.5. The van der Waals surface area contributed by atoms with Crippen molar-refractivity contribution in [3.8, 4) is 0 Å². The van der Waals surface area contributed by atoms with Gasteiger partial charge in [0.05, 0.1) is 10.6 Å². The van der Waals surface area contributed by atoms with E-state index in [0.717, 1.165) is 46.7 Å². The fourth-order valence-electron chi connectivity index (χ4n) is 5.14. The molecule has 1 saturated carbocycles. The zero-order valence-corrected chi connectivity index (χ0v) is 25.2. The molecule has 3 aromatic rings. The van der Waals surface area contributed by atoms with Crippen molar-refractivity contribution in [1.29, 1.82) is 0 Å². The second-order valence-corrected chi connectivity index (χ2v) is 13.1. The van der Waals surface area contributed by atoms with Gasteiger partial charge >= 0.3 is 0 Å². The number of carbonyl (C=O) groups excluding carboxylic acids is 2. The molecule has 8 heteroatoms. The van der Waals surface area contributed by atoms with E-state index in [1.165, 1.54) is 17.0 Å². The third kappa shape index (κ3) is 7.55. The minimum absolute atomic E-state index is 0.0952. The number of rotatable bonds is 11. The lowest BCUT2D eigenvalue weighted by Gasteiger charge is -2.32. The van der Waals surface area contributed by atoms with Crippen molar-refractivity contribution < 1.29 is 18.0 Å². The summed E-state index contributed by atoms with van der Waals surface area (Å²) in [6.07, 6.45) is 4.01. The van der Waals surface area contributed by atoms with E-state index in [0.29, 0.717) is 5.69 Å². The van der Waals surface area contributed by atoms with Crippen LogP contribution in [0.5, 0.6) is 0 Å². The first-order valence-corrected chi connectivity index (χ1v) is 15.8. The molecule has 1 aliphatic rings. The number of nitrogens with one attached hydrogen (secondary N) is 1. The second-order valence-electron chi connectivity index (χ2n) is 11.2. The van der Waals surface area contributed by atoms with Gasteiger partial charge in [0.1, 0.15) is 12.6 Å². The molecule has 41 heavy (non-hydrogen) atoms. The molecular weight excluding hydrogens is 534 g/mol. The van der Waals surface area contributed by atoms with Crippen LogP contribution in [0, 0.1) is 6.92 Å². The SMILES string of the molecule is Cc1ccc(CN(C(=O)CN(c2ccc(C(C)C)cc2)S(=O)(=O)c2ccccc2)[C@@H](C)C(=O)NC2CCCC2)cc1. The van der Waals surface area contributed by atoms with Gasteiger partial charge in [0.25, 0.3) is 10.0 Å². The maximum Gasteiger partial charge on any atom is 0.264 e. The van der Waals surface area contributed by atoms with E-state index in [-0.39, 0.29) is 29.3 Å². The van der Waals surface area contributed by atoms with Gasteiger partial charge in [0.2, 0.25) is 11.8 Å². The van der Waals surface area contributed by atoms with Gasteiger partial charge in [-0.15, -0.1) is 0 Å². The monoisotopic (exact) mass is 575 g/mol. The lowest BCUT2D eigenvalue weighted by molar-refractivity contribution is -0.139. The highest BCUT2D eigenvalue weighted by Crippen LogP contribution is 2.27. The van der Waals surface area contributed by atoms with Gasteiger partial charge in [0.15, 0.2) is 0 Å². The molecule has 2 amide bonds. The van der Waals surface area contributed by atoms with Crippen molar-refractivity contribution in [2.45, 2.75) is 82.8 Å². The van der Waals surface area contributed by atoms with Crippen LogP contribution >= 0.6 is 0 Å². The Morgan fingerprint density at radius 2 is 1.49 bits per heavy atom. The fourth-order valence-corrected chi connectivity index (χ4v) is 6.57. The normalized spacial score (nSPS) is 14.6. The Morgan fingerprint density at radius 1 is 0.878 bits per heavy atom. The van der Waals surface area contributed by atoms with Crippen LogP contribution in [0.3, 0.4) is 0 Å². The van der Waals surface area contributed by atoms with Gasteiger partial charge in [-0.1, -0.05) is 86.8 Å². The number of nitrogens with zero attached hydrogens (tertiary/aromatic N) is 2. The number of anilines is 1. The first-order chi connectivity index (χ1) is 19.6. The lowest BCUT2D eigenvalue weighted by atomic mass is 10.0. The molecule has 0 aliphatic heterocycles.